The number of methoxy groups -OCH3 is 1. The fourth-order valence-electron chi connectivity index (χ4n) is 1.68. The van der Waals surface area contributed by atoms with Gasteiger partial charge in [0, 0.05) is 6.42 Å². The monoisotopic (exact) mass is 311 g/mol. The molecule has 0 unspecified atom stereocenters. The zero-order chi connectivity index (χ0) is 13.1. The number of H-pyrrole nitrogens is 1. The van der Waals surface area contributed by atoms with Crippen LogP contribution in [-0.4, -0.2) is 28.0 Å². The molecule has 0 radical (unpaired) electrons. The summed E-state index contributed by atoms with van der Waals surface area (Å²) >= 11 is 3.26. The first-order valence-corrected chi connectivity index (χ1v) is 6.58. The Morgan fingerprint density at radius 1 is 1.50 bits per heavy atom. The number of imidazole rings is 1. The minimum atomic E-state index is -0.422. The average Bonchev–Trinajstić information content (AvgIpc) is 2.76. The standard InChI is InChI=1S/C12H14BrN3O2/c1-3-4-5-9-14-8-6-7(12(17)18-2)10(13)16-11(8)15-9/h6H,3-5H2,1-2H3,(H,14,15,16). The number of ether oxygens (including phenoxy) is 1. The molecule has 0 atom stereocenters. The SMILES string of the molecule is CCCCc1nc2cc(C(=O)OC)c(Br)nc2[nH]1. The van der Waals surface area contributed by atoms with Crippen molar-refractivity contribution in [3.8, 4) is 0 Å². The summed E-state index contributed by atoms with van der Waals surface area (Å²) in [4.78, 5) is 23.4. The molecule has 0 saturated carbocycles. The van der Waals surface area contributed by atoms with E-state index in [-0.39, 0.29) is 0 Å². The Hall–Kier alpha value is -1.43. The normalized spacial score (nSPS) is 10.8. The number of aromatic amines is 1. The molecule has 0 aliphatic carbocycles. The van der Waals surface area contributed by atoms with Crippen LogP contribution in [0, 0.1) is 0 Å². The molecule has 5 nitrogen and oxygen atoms in total. The highest BCUT2D eigenvalue weighted by Crippen LogP contribution is 2.20. The predicted octanol–water partition coefficient (Wildman–Crippen LogP) is 2.85. The van der Waals surface area contributed by atoms with Crippen LogP contribution in [0.25, 0.3) is 11.2 Å². The van der Waals surface area contributed by atoms with E-state index in [0.717, 1.165) is 25.1 Å². The minimum Gasteiger partial charge on any atom is -0.465 e. The van der Waals surface area contributed by atoms with Crippen LogP contribution in [0.2, 0.25) is 0 Å². The fraction of sp³-hybridized carbons (Fsp3) is 0.417. The van der Waals surface area contributed by atoms with Crippen LogP contribution < -0.4 is 0 Å². The Bertz CT molecular complexity index is 580. The number of carbonyl (C=O) groups excluding carboxylic acids is 1. The van der Waals surface area contributed by atoms with Crippen molar-refractivity contribution in [2.45, 2.75) is 26.2 Å². The zero-order valence-corrected chi connectivity index (χ0v) is 11.9. The second-order valence-corrected chi connectivity index (χ2v) is 4.72. The summed E-state index contributed by atoms with van der Waals surface area (Å²) in [6.45, 7) is 2.13. The topological polar surface area (TPSA) is 67.9 Å². The number of carbonyl (C=O) groups is 1. The highest BCUT2D eigenvalue weighted by atomic mass is 79.9. The van der Waals surface area contributed by atoms with E-state index < -0.39 is 5.97 Å². The number of rotatable bonds is 4. The van der Waals surface area contributed by atoms with Gasteiger partial charge >= 0.3 is 5.97 Å². The van der Waals surface area contributed by atoms with E-state index in [9.17, 15) is 4.79 Å². The van der Waals surface area contributed by atoms with Gasteiger partial charge in [0.2, 0.25) is 0 Å². The molecule has 0 spiro atoms. The third kappa shape index (κ3) is 2.53. The van der Waals surface area contributed by atoms with E-state index in [4.69, 9.17) is 4.74 Å². The molecule has 2 aromatic rings. The molecule has 0 bridgehead atoms. The molecular formula is C12H14BrN3O2. The number of unbranched alkanes of at least 4 members (excludes halogenated alkanes) is 1. The molecule has 0 aliphatic heterocycles. The molecule has 0 saturated heterocycles. The summed E-state index contributed by atoms with van der Waals surface area (Å²) in [5, 5.41) is 0. The van der Waals surface area contributed by atoms with E-state index in [1.807, 2.05) is 0 Å². The van der Waals surface area contributed by atoms with Crippen molar-refractivity contribution in [1.82, 2.24) is 15.0 Å². The van der Waals surface area contributed by atoms with Gasteiger partial charge in [0.05, 0.1) is 12.7 Å². The summed E-state index contributed by atoms with van der Waals surface area (Å²) in [5.41, 5.74) is 1.75. The number of pyridine rings is 1. The Labute approximate surface area is 113 Å². The van der Waals surface area contributed by atoms with Crippen molar-refractivity contribution in [1.29, 1.82) is 0 Å². The van der Waals surface area contributed by atoms with Crippen LogP contribution in [0.4, 0.5) is 0 Å². The third-order valence-electron chi connectivity index (χ3n) is 2.65. The number of nitrogens with one attached hydrogen (secondary N) is 1. The number of nitrogens with zero attached hydrogens (tertiary/aromatic N) is 2. The van der Waals surface area contributed by atoms with Crippen molar-refractivity contribution < 1.29 is 9.53 Å². The molecule has 96 valence electrons. The van der Waals surface area contributed by atoms with E-state index in [0.29, 0.717) is 21.3 Å². The van der Waals surface area contributed by atoms with Crippen LogP contribution in [0.5, 0.6) is 0 Å². The first-order valence-electron chi connectivity index (χ1n) is 5.79. The van der Waals surface area contributed by atoms with Gasteiger partial charge in [-0.2, -0.15) is 0 Å². The fourth-order valence-corrected chi connectivity index (χ4v) is 2.14. The molecule has 6 heteroatoms. The number of aryl methyl sites for hydroxylation is 1. The molecular weight excluding hydrogens is 298 g/mol. The molecule has 1 N–H and O–H groups in total. The molecule has 0 aliphatic rings. The second kappa shape index (κ2) is 5.48. The summed E-state index contributed by atoms with van der Waals surface area (Å²) in [6, 6.07) is 1.68. The number of hydrogen-bond donors (Lipinski definition) is 1. The van der Waals surface area contributed by atoms with Crippen molar-refractivity contribution in [2.75, 3.05) is 7.11 Å². The van der Waals surface area contributed by atoms with E-state index in [1.165, 1.54) is 7.11 Å². The molecule has 2 heterocycles. The van der Waals surface area contributed by atoms with Crippen LogP contribution in [0.1, 0.15) is 35.9 Å². The van der Waals surface area contributed by atoms with Gasteiger partial charge in [0.1, 0.15) is 15.9 Å². The van der Waals surface area contributed by atoms with Crippen LogP contribution in [0.3, 0.4) is 0 Å². The largest absolute Gasteiger partial charge is 0.465 e. The Morgan fingerprint density at radius 2 is 2.28 bits per heavy atom. The summed E-state index contributed by atoms with van der Waals surface area (Å²) in [6.07, 6.45) is 3.07. The minimum absolute atomic E-state index is 0.388. The third-order valence-corrected chi connectivity index (χ3v) is 3.25. The number of esters is 1. The van der Waals surface area contributed by atoms with Gasteiger partial charge < -0.3 is 9.72 Å². The molecule has 0 aromatic carbocycles. The lowest BCUT2D eigenvalue weighted by molar-refractivity contribution is 0.0599. The zero-order valence-electron chi connectivity index (χ0n) is 10.3. The molecule has 2 rings (SSSR count). The lowest BCUT2D eigenvalue weighted by Gasteiger charge is -2.00. The molecule has 0 fully saturated rings. The number of halogens is 1. The number of fused-ring (bicyclic) bond motifs is 1. The quantitative estimate of drug-likeness (QED) is 0.696. The van der Waals surface area contributed by atoms with E-state index in [2.05, 4.69) is 37.8 Å². The summed E-state index contributed by atoms with van der Waals surface area (Å²) < 4.78 is 5.16. The molecule has 2 aromatic heterocycles. The number of hydrogen-bond acceptors (Lipinski definition) is 4. The predicted molar refractivity (Wildman–Crippen MR) is 71.5 cm³/mol. The Balaban J connectivity index is 2.41. The average molecular weight is 312 g/mol. The number of aromatic nitrogens is 3. The van der Waals surface area contributed by atoms with Gasteiger partial charge in [-0.15, -0.1) is 0 Å². The maximum absolute atomic E-state index is 11.5. The highest BCUT2D eigenvalue weighted by molar-refractivity contribution is 9.10. The van der Waals surface area contributed by atoms with Crippen LogP contribution >= 0.6 is 15.9 Å². The molecule has 0 amide bonds. The Kier molecular flexibility index (Phi) is 3.96. The highest BCUT2D eigenvalue weighted by Gasteiger charge is 2.15. The van der Waals surface area contributed by atoms with Gasteiger partial charge in [0.15, 0.2) is 5.65 Å². The van der Waals surface area contributed by atoms with E-state index >= 15 is 0 Å². The van der Waals surface area contributed by atoms with Crippen LogP contribution in [0.15, 0.2) is 10.7 Å². The van der Waals surface area contributed by atoms with Crippen molar-refractivity contribution in [3.05, 3.63) is 22.1 Å². The van der Waals surface area contributed by atoms with Gasteiger partial charge in [-0.3, -0.25) is 0 Å². The summed E-state index contributed by atoms with van der Waals surface area (Å²) in [7, 11) is 1.34. The van der Waals surface area contributed by atoms with Gasteiger partial charge in [-0.1, -0.05) is 13.3 Å². The van der Waals surface area contributed by atoms with Crippen molar-refractivity contribution in [2.24, 2.45) is 0 Å². The first-order chi connectivity index (χ1) is 8.65. The Morgan fingerprint density at radius 3 is 2.94 bits per heavy atom. The second-order valence-electron chi connectivity index (χ2n) is 3.97. The smallest absolute Gasteiger partial charge is 0.340 e. The summed E-state index contributed by atoms with van der Waals surface area (Å²) in [5.74, 6) is 0.475. The van der Waals surface area contributed by atoms with Gasteiger partial charge in [-0.25, -0.2) is 14.8 Å². The van der Waals surface area contributed by atoms with Crippen molar-refractivity contribution >= 4 is 33.1 Å². The van der Waals surface area contributed by atoms with Gasteiger partial charge in [-0.05, 0) is 28.4 Å². The van der Waals surface area contributed by atoms with Crippen molar-refractivity contribution in [3.63, 3.8) is 0 Å². The lowest BCUT2D eigenvalue weighted by Crippen LogP contribution is -2.03. The van der Waals surface area contributed by atoms with Crippen LogP contribution in [-0.2, 0) is 11.2 Å². The maximum Gasteiger partial charge on any atom is 0.340 e. The van der Waals surface area contributed by atoms with E-state index in [1.54, 1.807) is 6.07 Å². The lowest BCUT2D eigenvalue weighted by atomic mass is 10.2. The maximum atomic E-state index is 11.5. The van der Waals surface area contributed by atoms with Gasteiger partial charge in [0.25, 0.3) is 0 Å². The molecule has 18 heavy (non-hydrogen) atoms. The first kappa shape index (κ1) is 13.0.